The Kier molecular flexibility index (Phi) is 5.61. The van der Waals surface area contributed by atoms with E-state index in [4.69, 9.17) is 5.73 Å². The van der Waals surface area contributed by atoms with Gasteiger partial charge in [0.15, 0.2) is 4.34 Å². The zero-order valence-corrected chi connectivity index (χ0v) is 14.0. The maximum Gasteiger partial charge on any atom is 0.237 e. The molecule has 0 saturated carbocycles. The Labute approximate surface area is 133 Å². The van der Waals surface area contributed by atoms with Crippen molar-refractivity contribution in [2.45, 2.75) is 36.6 Å². The number of carbonyl (C=O) groups excluding carboxylic acids is 1. The van der Waals surface area contributed by atoms with Crippen LogP contribution in [-0.2, 0) is 4.79 Å². The first-order valence-corrected chi connectivity index (χ1v) is 8.88. The van der Waals surface area contributed by atoms with Crippen molar-refractivity contribution < 1.29 is 4.79 Å². The maximum absolute atomic E-state index is 11.6. The predicted octanol–water partition coefficient (Wildman–Crippen LogP) is 3.02. The zero-order valence-electron chi connectivity index (χ0n) is 12.4. The van der Waals surface area contributed by atoms with E-state index in [9.17, 15) is 4.79 Å². The van der Waals surface area contributed by atoms with E-state index in [1.165, 1.54) is 4.70 Å². The van der Waals surface area contributed by atoms with E-state index in [0.717, 1.165) is 28.6 Å². The summed E-state index contributed by atoms with van der Waals surface area (Å²) in [7, 11) is 0. The highest BCUT2D eigenvalue weighted by Gasteiger charge is 2.29. The minimum absolute atomic E-state index is 0.291. The van der Waals surface area contributed by atoms with Crippen LogP contribution in [0.2, 0.25) is 0 Å². The number of thioether (sulfide) groups is 1. The van der Waals surface area contributed by atoms with Crippen molar-refractivity contribution in [3.63, 3.8) is 0 Å². The van der Waals surface area contributed by atoms with E-state index in [2.05, 4.69) is 23.3 Å². The molecule has 1 aromatic heterocycles. The van der Waals surface area contributed by atoms with Crippen LogP contribution in [0.5, 0.6) is 0 Å². The number of hydrogen-bond donors (Lipinski definition) is 2. The summed E-state index contributed by atoms with van der Waals surface area (Å²) in [6.07, 6.45) is 1.68. The van der Waals surface area contributed by atoms with Gasteiger partial charge in [0.05, 0.1) is 15.8 Å². The van der Waals surface area contributed by atoms with Crippen LogP contribution in [0.4, 0.5) is 0 Å². The molecule has 0 radical (unpaired) electrons. The minimum atomic E-state index is -0.639. The van der Waals surface area contributed by atoms with Crippen molar-refractivity contribution >= 4 is 39.2 Å². The number of fused-ring (bicyclic) bond motifs is 1. The molecule has 4 nitrogen and oxygen atoms in total. The molecule has 0 fully saturated rings. The van der Waals surface area contributed by atoms with Crippen molar-refractivity contribution in [2.24, 2.45) is 5.73 Å². The second-order valence-corrected chi connectivity index (χ2v) is 7.54. The van der Waals surface area contributed by atoms with Crippen molar-refractivity contribution in [1.29, 1.82) is 0 Å². The van der Waals surface area contributed by atoms with Crippen LogP contribution in [0, 0.1) is 0 Å². The number of primary amides is 1. The first-order valence-electron chi connectivity index (χ1n) is 7.08. The van der Waals surface area contributed by atoms with E-state index < -0.39 is 5.54 Å². The molecule has 1 atom stereocenters. The summed E-state index contributed by atoms with van der Waals surface area (Å²) in [6.45, 7) is 4.75. The van der Waals surface area contributed by atoms with Crippen molar-refractivity contribution in [1.82, 2.24) is 10.3 Å². The van der Waals surface area contributed by atoms with Crippen molar-refractivity contribution in [2.75, 3.05) is 12.3 Å². The molecule has 114 valence electrons. The van der Waals surface area contributed by atoms with Gasteiger partial charge in [-0.3, -0.25) is 4.79 Å². The molecule has 1 heterocycles. The van der Waals surface area contributed by atoms with Crippen LogP contribution in [0.1, 0.15) is 26.7 Å². The fraction of sp³-hybridized carbons (Fsp3) is 0.467. The van der Waals surface area contributed by atoms with Gasteiger partial charge in [-0.2, -0.15) is 0 Å². The first kappa shape index (κ1) is 16.3. The van der Waals surface area contributed by atoms with Gasteiger partial charge >= 0.3 is 0 Å². The molecular formula is C15H21N3OS2. The van der Waals surface area contributed by atoms with Gasteiger partial charge in [0.2, 0.25) is 5.91 Å². The lowest BCUT2D eigenvalue weighted by atomic mass is 9.98. The van der Waals surface area contributed by atoms with Gasteiger partial charge in [0.25, 0.3) is 0 Å². The first-order chi connectivity index (χ1) is 10.0. The summed E-state index contributed by atoms with van der Waals surface area (Å²) in [5, 5.41) is 3.25. The van der Waals surface area contributed by atoms with Crippen LogP contribution in [0.15, 0.2) is 28.6 Å². The molecule has 1 amide bonds. The number of benzene rings is 1. The van der Waals surface area contributed by atoms with Gasteiger partial charge in [0, 0.05) is 5.75 Å². The summed E-state index contributed by atoms with van der Waals surface area (Å²) in [6, 6.07) is 8.11. The molecule has 2 aromatic rings. The Bertz CT molecular complexity index is 581. The van der Waals surface area contributed by atoms with Gasteiger partial charge in [-0.1, -0.05) is 30.8 Å². The van der Waals surface area contributed by atoms with E-state index in [1.807, 2.05) is 25.1 Å². The summed E-state index contributed by atoms with van der Waals surface area (Å²) in [4.78, 5) is 16.2. The SMILES string of the molecule is CCCNC(C)(CCSc1nc2ccccc2s1)C(N)=O. The maximum atomic E-state index is 11.6. The second-order valence-electron chi connectivity index (χ2n) is 5.17. The number of para-hydroxylation sites is 1. The Balaban J connectivity index is 1.93. The van der Waals surface area contributed by atoms with Crippen LogP contribution >= 0.6 is 23.1 Å². The molecule has 0 aliphatic rings. The molecule has 2 rings (SSSR count). The lowest BCUT2D eigenvalue weighted by molar-refractivity contribution is -0.123. The number of hydrogen-bond acceptors (Lipinski definition) is 5. The largest absolute Gasteiger partial charge is 0.368 e. The molecule has 0 bridgehead atoms. The van der Waals surface area contributed by atoms with Crippen molar-refractivity contribution in [3.8, 4) is 0 Å². The molecular weight excluding hydrogens is 302 g/mol. The highest BCUT2D eigenvalue weighted by atomic mass is 32.2. The quantitative estimate of drug-likeness (QED) is 0.733. The van der Waals surface area contributed by atoms with E-state index in [0.29, 0.717) is 6.42 Å². The Morgan fingerprint density at radius 2 is 2.24 bits per heavy atom. The topological polar surface area (TPSA) is 68.0 Å². The number of nitrogens with one attached hydrogen (secondary N) is 1. The highest BCUT2D eigenvalue weighted by Crippen LogP contribution is 2.30. The smallest absolute Gasteiger partial charge is 0.237 e. The highest BCUT2D eigenvalue weighted by molar-refractivity contribution is 8.01. The molecule has 0 aliphatic heterocycles. The number of rotatable bonds is 8. The average molecular weight is 323 g/mol. The van der Waals surface area contributed by atoms with E-state index in [-0.39, 0.29) is 5.91 Å². The minimum Gasteiger partial charge on any atom is -0.368 e. The molecule has 1 aromatic carbocycles. The average Bonchev–Trinajstić information content (AvgIpc) is 2.87. The number of thiazole rings is 1. The Morgan fingerprint density at radius 1 is 1.48 bits per heavy atom. The normalized spacial score (nSPS) is 14.2. The van der Waals surface area contributed by atoms with Gasteiger partial charge in [0.1, 0.15) is 0 Å². The van der Waals surface area contributed by atoms with Gasteiger partial charge in [-0.05, 0) is 38.4 Å². The molecule has 0 saturated heterocycles. The van der Waals surface area contributed by atoms with Crippen molar-refractivity contribution in [3.05, 3.63) is 24.3 Å². The summed E-state index contributed by atoms with van der Waals surface area (Å²) in [5.74, 6) is 0.525. The third-order valence-electron chi connectivity index (χ3n) is 3.41. The van der Waals surface area contributed by atoms with Crippen LogP contribution in [-0.4, -0.2) is 28.7 Å². The van der Waals surface area contributed by atoms with Crippen LogP contribution < -0.4 is 11.1 Å². The third kappa shape index (κ3) is 4.18. The number of nitrogens with two attached hydrogens (primary N) is 1. The summed E-state index contributed by atoms with van der Waals surface area (Å²) < 4.78 is 2.24. The van der Waals surface area contributed by atoms with Gasteiger partial charge in [-0.15, -0.1) is 11.3 Å². The standard InChI is InChI=1S/C15H21N3OS2/c1-3-9-17-15(2,13(16)19)8-10-20-14-18-11-6-4-5-7-12(11)21-14/h4-7,17H,3,8-10H2,1-2H3,(H2,16,19). The molecule has 0 spiro atoms. The Morgan fingerprint density at radius 3 is 2.90 bits per heavy atom. The molecule has 1 unspecified atom stereocenters. The zero-order chi connectivity index (χ0) is 15.3. The molecule has 0 aliphatic carbocycles. The number of amides is 1. The van der Waals surface area contributed by atoms with Crippen LogP contribution in [0.25, 0.3) is 10.2 Å². The van der Waals surface area contributed by atoms with E-state index >= 15 is 0 Å². The summed E-state index contributed by atoms with van der Waals surface area (Å²) in [5.41, 5.74) is 5.92. The van der Waals surface area contributed by atoms with Crippen LogP contribution in [0.3, 0.4) is 0 Å². The molecule has 6 heteroatoms. The number of carbonyl (C=O) groups is 1. The third-order valence-corrected chi connectivity index (χ3v) is 5.59. The summed E-state index contributed by atoms with van der Waals surface area (Å²) >= 11 is 3.37. The Hall–Kier alpha value is -1.11. The van der Waals surface area contributed by atoms with E-state index in [1.54, 1.807) is 23.1 Å². The fourth-order valence-electron chi connectivity index (χ4n) is 1.95. The van der Waals surface area contributed by atoms with Gasteiger partial charge in [-0.25, -0.2) is 4.98 Å². The van der Waals surface area contributed by atoms with Gasteiger partial charge < -0.3 is 11.1 Å². The number of nitrogens with zero attached hydrogens (tertiary/aromatic N) is 1. The number of aromatic nitrogens is 1. The lowest BCUT2D eigenvalue weighted by Crippen LogP contribution is -2.53. The molecule has 21 heavy (non-hydrogen) atoms. The predicted molar refractivity (Wildman–Crippen MR) is 90.9 cm³/mol. The molecule has 3 N–H and O–H groups in total. The monoisotopic (exact) mass is 323 g/mol. The second kappa shape index (κ2) is 7.24. The lowest BCUT2D eigenvalue weighted by Gasteiger charge is -2.27. The fourth-order valence-corrected chi connectivity index (χ4v) is 4.25.